The van der Waals surface area contributed by atoms with Gasteiger partial charge in [0.15, 0.2) is 27.0 Å². The molecule has 1 aromatic heterocycles. The third-order valence-electron chi connectivity index (χ3n) is 5.67. The zero-order valence-corrected chi connectivity index (χ0v) is 18.4. The van der Waals surface area contributed by atoms with Crippen molar-refractivity contribution in [3.63, 3.8) is 0 Å². The van der Waals surface area contributed by atoms with Gasteiger partial charge in [-0.25, -0.2) is 8.42 Å². The number of fused-ring (bicyclic) bond motifs is 1. The molecule has 2 aromatic carbocycles. The molecule has 1 saturated heterocycles. The number of nitrogens with zero attached hydrogens (tertiary/aromatic N) is 2. The van der Waals surface area contributed by atoms with Crippen molar-refractivity contribution >= 4 is 21.4 Å². The SMILES string of the molecule is Cc1ccc(-c2cc(C(=O)Nc3ccc4c(c3)OCCO4)nn2[C@H]2CCS(=O)(=O)C2)cc1. The largest absolute Gasteiger partial charge is 0.486 e. The second-order valence-electron chi connectivity index (χ2n) is 8.09. The van der Waals surface area contributed by atoms with Crippen molar-refractivity contribution in [2.75, 3.05) is 30.0 Å². The molecule has 0 radical (unpaired) electrons. The maximum absolute atomic E-state index is 13.0. The van der Waals surface area contributed by atoms with Crippen molar-refractivity contribution < 1.29 is 22.7 Å². The Labute approximate surface area is 186 Å². The van der Waals surface area contributed by atoms with E-state index in [1.165, 1.54) is 0 Å². The first-order chi connectivity index (χ1) is 15.4. The molecule has 8 nitrogen and oxygen atoms in total. The van der Waals surface area contributed by atoms with Crippen molar-refractivity contribution in [3.05, 3.63) is 59.8 Å². The fourth-order valence-electron chi connectivity index (χ4n) is 4.01. The number of carbonyl (C=O) groups is 1. The summed E-state index contributed by atoms with van der Waals surface area (Å²) in [6.45, 7) is 2.95. The van der Waals surface area contributed by atoms with Crippen molar-refractivity contribution in [2.24, 2.45) is 0 Å². The first-order valence-electron chi connectivity index (χ1n) is 10.5. The molecule has 1 atom stereocenters. The summed E-state index contributed by atoms with van der Waals surface area (Å²) >= 11 is 0. The van der Waals surface area contributed by atoms with Crippen LogP contribution in [0.2, 0.25) is 0 Å². The Morgan fingerprint density at radius 1 is 1.06 bits per heavy atom. The predicted octanol–water partition coefficient (Wildman–Crippen LogP) is 3.24. The topological polar surface area (TPSA) is 99.5 Å². The Kier molecular flexibility index (Phi) is 5.13. The third-order valence-corrected chi connectivity index (χ3v) is 7.42. The van der Waals surface area contributed by atoms with Gasteiger partial charge < -0.3 is 14.8 Å². The van der Waals surface area contributed by atoms with Crippen LogP contribution in [0.4, 0.5) is 5.69 Å². The summed E-state index contributed by atoms with van der Waals surface area (Å²) in [5.74, 6) is 0.994. The Hall–Kier alpha value is -3.33. The summed E-state index contributed by atoms with van der Waals surface area (Å²) in [4.78, 5) is 13.0. The lowest BCUT2D eigenvalue weighted by atomic mass is 10.1. The summed E-state index contributed by atoms with van der Waals surface area (Å²) in [5, 5.41) is 7.37. The van der Waals surface area contributed by atoms with Gasteiger partial charge in [0.1, 0.15) is 13.2 Å². The highest BCUT2D eigenvalue weighted by Gasteiger charge is 2.32. The summed E-state index contributed by atoms with van der Waals surface area (Å²) in [7, 11) is -3.10. The number of rotatable bonds is 4. The Morgan fingerprint density at radius 3 is 2.53 bits per heavy atom. The van der Waals surface area contributed by atoms with E-state index in [-0.39, 0.29) is 29.1 Å². The van der Waals surface area contributed by atoms with Crippen LogP contribution in [-0.4, -0.2) is 48.8 Å². The van der Waals surface area contributed by atoms with Gasteiger partial charge in [-0.1, -0.05) is 29.8 Å². The van der Waals surface area contributed by atoms with Gasteiger partial charge in [0.05, 0.1) is 23.2 Å². The van der Waals surface area contributed by atoms with Crippen LogP contribution in [-0.2, 0) is 9.84 Å². The molecular formula is C23H23N3O5S. The lowest BCUT2D eigenvalue weighted by Gasteiger charge is -2.18. The minimum absolute atomic E-state index is 0.0246. The number of sulfone groups is 1. The van der Waals surface area contributed by atoms with Gasteiger partial charge in [0.2, 0.25) is 0 Å². The number of benzene rings is 2. The number of aryl methyl sites for hydroxylation is 1. The molecule has 3 heterocycles. The number of carbonyl (C=O) groups excluding carboxylic acids is 1. The van der Waals surface area contributed by atoms with Crippen LogP contribution in [0.1, 0.15) is 28.5 Å². The number of aromatic nitrogens is 2. The van der Waals surface area contributed by atoms with Crippen LogP contribution in [0.15, 0.2) is 48.5 Å². The zero-order valence-electron chi connectivity index (χ0n) is 17.6. The summed E-state index contributed by atoms with van der Waals surface area (Å²) in [6, 6.07) is 14.5. The zero-order chi connectivity index (χ0) is 22.3. The first kappa shape index (κ1) is 20.6. The highest BCUT2D eigenvalue weighted by atomic mass is 32.2. The minimum atomic E-state index is -3.10. The van der Waals surface area contributed by atoms with E-state index in [0.29, 0.717) is 36.8 Å². The van der Waals surface area contributed by atoms with Crippen molar-refractivity contribution in [2.45, 2.75) is 19.4 Å². The standard InChI is InChI=1S/C23H23N3O5S/c1-15-2-4-16(5-3-15)20-13-19(25-26(20)18-8-11-32(28,29)14-18)23(27)24-17-6-7-21-22(12-17)31-10-9-30-21/h2-7,12-13,18H,8-11,14H2,1H3,(H,24,27)/t18-/m0/s1. The van der Waals surface area contributed by atoms with Gasteiger partial charge >= 0.3 is 0 Å². The van der Waals surface area contributed by atoms with E-state index in [2.05, 4.69) is 10.4 Å². The summed E-state index contributed by atoms with van der Waals surface area (Å²) in [5.41, 5.74) is 3.50. The van der Waals surface area contributed by atoms with Crippen molar-refractivity contribution in [3.8, 4) is 22.8 Å². The average molecular weight is 454 g/mol. The molecule has 5 rings (SSSR count). The molecule has 32 heavy (non-hydrogen) atoms. The van der Waals surface area contributed by atoms with Gasteiger partial charge in [0.25, 0.3) is 5.91 Å². The molecule has 9 heteroatoms. The lowest BCUT2D eigenvalue weighted by molar-refractivity contribution is 0.102. The second kappa shape index (κ2) is 7.98. The molecule has 0 bridgehead atoms. The van der Waals surface area contributed by atoms with E-state index in [4.69, 9.17) is 9.47 Å². The predicted molar refractivity (Wildman–Crippen MR) is 120 cm³/mol. The third kappa shape index (κ3) is 4.08. The van der Waals surface area contributed by atoms with E-state index in [0.717, 1.165) is 16.8 Å². The van der Waals surface area contributed by atoms with Gasteiger partial charge in [0, 0.05) is 11.8 Å². The van der Waals surface area contributed by atoms with Crippen LogP contribution in [0, 0.1) is 6.92 Å². The van der Waals surface area contributed by atoms with Crippen LogP contribution in [0.25, 0.3) is 11.3 Å². The molecule has 1 fully saturated rings. The number of anilines is 1. The highest BCUT2D eigenvalue weighted by molar-refractivity contribution is 7.91. The fraction of sp³-hybridized carbons (Fsp3) is 0.304. The van der Waals surface area contributed by atoms with Crippen LogP contribution in [0.5, 0.6) is 11.5 Å². The number of ether oxygens (including phenoxy) is 2. The van der Waals surface area contributed by atoms with Gasteiger partial charge in [-0.3, -0.25) is 9.48 Å². The number of hydrogen-bond acceptors (Lipinski definition) is 6. The van der Waals surface area contributed by atoms with E-state index >= 15 is 0 Å². The normalized spacial score (nSPS) is 19.0. The van der Waals surface area contributed by atoms with E-state index in [1.807, 2.05) is 31.2 Å². The molecule has 0 aliphatic carbocycles. The lowest BCUT2D eigenvalue weighted by Crippen LogP contribution is -2.17. The summed E-state index contributed by atoms with van der Waals surface area (Å²) in [6.07, 6.45) is 0.478. The minimum Gasteiger partial charge on any atom is -0.486 e. The van der Waals surface area contributed by atoms with E-state index in [1.54, 1.807) is 28.9 Å². The molecule has 166 valence electrons. The Bertz CT molecular complexity index is 1280. The molecule has 0 unspecified atom stereocenters. The Morgan fingerprint density at radius 2 is 1.81 bits per heavy atom. The average Bonchev–Trinajstić information content (AvgIpc) is 3.37. The number of amides is 1. The molecule has 2 aliphatic heterocycles. The van der Waals surface area contributed by atoms with Crippen molar-refractivity contribution in [1.82, 2.24) is 9.78 Å². The van der Waals surface area contributed by atoms with E-state index in [9.17, 15) is 13.2 Å². The maximum Gasteiger partial charge on any atom is 0.276 e. The van der Waals surface area contributed by atoms with Crippen LogP contribution in [0.3, 0.4) is 0 Å². The van der Waals surface area contributed by atoms with Crippen molar-refractivity contribution in [1.29, 1.82) is 0 Å². The van der Waals surface area contributed by atoms with Gasteiger partial charge in [-0.2, -0.15) is 5.10 Å². The van der Waals surface area contributed by atoms with Gasteiger partial charge in [-0.05, 0) is 37.1 Å². The van der Waals surface area contributed by atoms with Crippen LogP contribution >= 0.6 is 0 Å². The molecule has 1 N–H and O–H groups in total. The van der Waals surface area contributed by atoms with E-state index < -0.39 is 9.84 Å². The molecule has 0 spiro atoms. The molecular weight excluding hydrogens is 430 g/mol. The molecule has 2 aliphatic rings. The smallest absolute Gasteiger partial charge is 0.276 e. The van der Waals surface area contributed by atoms with Crippen LogP contribution < -0.4 is 14.8 Å². The molecule has 1 amide bonds. The number of nitrogens with one attached hydrogen (secondary N) is 1. The fourth-order valence-corrected chi connectivity index (χ4v) is 5.70. The highest BCUT2D eigenvalue weighted by Crippen LogP contribution is 2.33. The van der Waals surface area contributed by atoms with Gasteiger partial charge in [-0.15, -0.1) is 0 Å². The first-order valence-corrected chi connectivity index (χ1v) is 12.3. The summed E-state index contributed by atoms with van der Waals surface area (Å²) < 4.78 is 36.9. The number of hydrogen-bond donors (Lipinski definition) is 1. The molecule has 0 saturated carbocycles. The quantitative estimate of drug-likeness (QED) is 0.651. The monoisotopic (exact) mass is 453 g/mol. The maximum atomic E-state index is 13.0. The Balaban J connectivity index is 1.46. The molecule has 3 aromatic rings. The second-order valence-corrected chi connectivity index (χ2v) is 10.3.